The van der Waals surface area contributed by atoms with Gasteiger partial charge in [-0.15, -0.1) is 0 Å². The SMILES string of the molecule is CC1CCCC(C)N1CC(=O)NCCC(=O)NCCCCCC(=O)OCc1ccccc1. The molecule has 32 heavy (non-hydrogen) atoms. The van der Waals surface area contributed by atoms with E-state index in [1.165, 1.54) is 6.42 Å². The van der Waals surface area contributed by atoms with Crippen LogP contribution in [0.2, 0.25) is 0 Å². The Morgan fingerprint density at radius 2 is 1.59 bits per heavy atom. The molecule has 2 N–H and O–H groups in total. The van der Waals surface area contributed by atoms with E-state index in [9.17, 15) is 14.4 Å². The van der Waals surface area contributed by atoms with E-state index in [1.807, 2.05) is 30.3 Å². The first-order chi connectivity index (χ1) is 15.5. The number of benzene rings is 1. The Bertz CT molecular complexity index is 700. The Labute approximate surface area is 192 Å². The monoisotopic (exact) mass is 445 g/mol. The molecule has 1 heterocycles. The van der Waals surface area contributed by atoms with Crippen LogP contribution in [0, 0.1) is 0 Å². The Hall–Kier alpha value is -2.41. The van der Waals surface area contributed by atoms with E-state index in [4.69, 9.17) is 4.74 Å². The Balaban J connectivity index is 1.44. The molecule has 0 radical (unpaired) electrons. The predicted octanol–water partition coefficient (Wildman–Crippen LogP) is 3.18. The van der Waals surface area contributed by atoms with E-state index in [0.717, 1.165) is 37.7 Å². The Kier molecular flexibility index (Phi) is 11.8. The number of likely N-dealkylation sites (tertiary alicyclic amines) is 1. The molecule has 2 unspecified atom stereocenters. The molecule has 1 saturated heterocycles. The molecule has 1 fully saturated rings. The average Bonchev–Trinajstić information content (AvgIpc) is 2.78. The summed E-state index contributed by atoms with van der Waals surface area (Å²) in [5.41, 5.74) is 0.982. The van der Waals surface area contributed by atoms with Crippen molar-refractivity contribution in [2.24, 2.45) is 0 Å². The number of carbonyl (C=O) groups is 3. The smallest absolute Gasteiger partial charge is 0.306 e. The number of amides is 2. The maximum atomic E-state index is 12.2. The van der Waals surface area contributed by atoms with E-state index in [2.05, 4.69) is 29.4 Å². The molecular formula is C25H39N3O4. The van der Waals surface area contributed by atoms with Crippen molar-refractivity contribution in [3.63, 3.8) is 0 Å². The lowest BCUT2D eigenvalue weighted by molar-refractivity contribution is -0.145. The lowest BCUT2D eigenvalue weighted by Crippen LogP contribution is -2.49. The number of rotatable bonds is 13. The summed E-state index contributed by atoms with van der Waals surface area (Å²) in [6.45, 7) is 5.98. The van der Waals surface area contributed by atoms with Crippen LogP contribution in [0.3, 0.4) is 0 Å². The fourth-order valence-corrected chi connectivity index (χ4v) is 4.02. The molecule has 2 amide bonds. The summed E-state index contributed by atoms with van der Waals surface area (Å²) >= 11 is 0. The highest BCUT2D eigenvalue weighted by molar-refractivity contribution is 5.80. The highest BCUT2D eigenvalue weighted by Crippen LogP contribution is 2.21. The van der Waals surface area contributed by atoms with Gasteiger partial charge in [0.05, 0.1) is 6.54 Å². The highest BCUT2D eigenvalue weighted by atomic mass is 16.5. The molecule has 1 aromatic rings. The molecule has 2 rings (SSSR count). The van der Waals surface area contributed by atoms with Crippen LogP contribution in [-0.4, -0.2) is 54.4 Å². The minimum Gasteiger partial charge on any atom is -0.461 e. The summed E-state index contributed by atoms with van der Waals surface area (Å²) < 4.78 is 5.25. The molecule has 1 aromatic carbocycles. The number of hydrogen-bond acceptors (Lipinski definition) is 5. The van der Waals surface area contributed by atoms with Crippen molar-refractivity contribution in [2.45, 2.75) is 83.9 Å². The van der Waals surface area contributed by atoms with Gasteiger partial charge in [0.1, 0.15) is 6.61 Å². The number of carbonyl (C=O) groups excluding carboxylic acids is 3. The van der Waals surface area contributed by atoms with Crippen LogP contribution in [0.1, 0.15) is 70.8 Å². The molecule has 178 valence electrons. The van der Waals surface area contributed by atoms with Crippen molar-refractivity contribution >= 4 is 17.8 Å². The minimum absolute atomic E-state index is 0.0162. The molecule has 7 heteroatoms. The lowest BCUT2D eigenvalue weighted by Gasteiger charge is -2.38. The zero-order valence-electron chi connectivity index (χ0n) is 19.6. The summed E-state index contributed by atoms with van der Waals surface area (Å²) in [6, 6.07) is 10.5. The third-order valence-corrected chi connectivity index (χ3v) is 6.00. The van der Waals surface area contributed by atoms with Crippen molar-refractivity contribution in [1.29, 1.82) is 0 Å². The molecule has 0 aliphatic carbocycles. The number of ether oxygens (including phenoxy) is 1. The second kappa shape index (κ2) is 14.6. The number of nitrogens with zero attached hydrogens (tertiary/aromatic N) is 1. The first-order valence-corrected chi connectivity index (χ1v) is 11.9. The van der Waals surface area contributed by atoms with Gasteiger partial charge in [-0.05, 0) is 45.1 Å². The van der Waals surface area contributed by atoms with E-state index in [-0.39, 0.29) is 24.2 Å². The van der Waals surface area contributed by atoms with Gasteiger partial charge < -0.3 is 15.4 Å². The third kappa shape index (κ3) is 10.3. The van der Waals surface area contributed by atoms with Crippen molar-refractivity contribution in [3.8, 4) is 0 Å². The van der Waals surface area contributed by atoms with Crippen molar-refractivity contribution in [2.75, 3.05) is 19.6 Å². The van der Waals surface area contributed by atoms with Gasteiger partial charge in [-0.2, -0.15) is 0 Å². The van der Waals surface area contributed by atoms with Crippen molar-refractivity contribution in [1.82, 2.24) is 15.5 Å². The predicted molar refractivity (Wildman–Crippen MR) is 125 cm³/mol. The van der Waals surface area contributed by atoms with Crippen molar-refractivity contribution in [3.05, 3.63) is 35.9 Å². The summed E-state index contributed by atoms with van der Waals surface area (Å²) in [4.78, 5) is 38.1. The van der Waals surface area contributed by atoms with Crippen LogP contribution in [0.5, 0.6) is 0 Å². The van der Waals surface area contributed by atoms with Crippen LogP contribution in [-0.2, 0) is 25.7 Å². The lowest BCUT2D eigenvalue weighted by atomic mass is 9.97. The fraction of sp³-hybridized carbons (Fsp3) is 0.640. The largest absolute Gasteiger partial charge is 0.461 e. The van der Waals surface area contributed by atoms with Gasteiger partial charge in [-0.3, -0.25) is 19.3 Å². The van der Waals surface area contributed by atoms with Crippen molar-refractivity contribution < 1.29 is 19.1 Å². The second-order valence-electron chi connectivity index (χ2n) is 8.71. The third-order valence-electron chi connectivity index (χ3n) is 6.00. The number of piperidine rings is 1. The first-order valence-electron chi connectivity index (χ1n) is 11.9. The molecular weight excluding hydrogens is 406 g/mol. The fourth-order valence-electron chi connectivity index (χ4n) is 4.02. The summed E-state index contributed by atoms with van der Waals surface area (Å²) in [7, 11) is 0. The van der Waals surface area contributed by atoms with Gasteiger partial charge in [0.2, 0.25) is 11.8 Å². The Morgan fingerprint density at radius 1 is 0.906 bits per heavy atom. The zero-order valence-corrected chi connectivity index (χ0v) is 19.6. The maximum absolute atomic E-state index is 12.2. The summed E-state index contributed by atoms with van der Waals surface area (Å²) in [5.74, 6) is -0.271. The number of nitrogens with one attached hydrogen (secondary N) is 2. The molecule has 0 aromatic heterocycles. The van der Waals surface area contributed by atoms with Gasteiger partial charge >= 0.3 is 5.97 Å². The molecule has 1 aliphatic rings. The normalized spacial score (nSPS) is 18.7. The number of unbranched alkanes of at least 4 members (excludes halogenated alkanes) is 2. The molecule has 0 bridgehead atoms. The van der Waals surface area contributed by atoms with Crippen LogP contribution in [0.4, 0.5) is 0 Å². The highest BCUT2D eigenvalue weighted by Gasteiger charge is 2.26. The van der Waals surface area contributed by atoms with Crippen LogP contribution < -0.4 is 10.6 Å². The average molecular weight is 446 g/mol. The topological polar surface area (TPSA) is 87.7 Å². The zero-order chi connectivity index (χ0) is 23.2. The minimum atomic E-state index is -0.193. The summed E-state index contributed by atoms with van der Waals surface area (Å²) in [5, 5.41) is 5.73. The van der Waals surface area contributed by atoms with Gasteiger partial charge in [-0.1, -0.05) is 43.2 Å². The van der Waals surface area contributed by atoms with Gasteiger partial charge in [0.25, 0.3) is 0 Å². The van der Waals surface area contributed by atoms with E-state index in [1.54, 1.807) is 0 Å². The maximum Gasteiger partial charge on any atom is 0.306 e. The molecule has 7 nitrogen and oxygen atoms in total. The molecule has 0 spiro atoms. The van der Waals surface area contributed by atoms with E-state index < -0.39 is 0 Å². The Morgan fingerprint density at radius 3 is 2.31 bits per heavy atom. The van der Waals surface area contributed by atoms with Crippen LogP contribution >= 0.6 is 0 Å². The molecule has 1 aliphatic heterocycles. The number of esters is 1. The standard InChI is InChI=1S/C25H39N3O4/c1-20-10-9-11-21(2)28(20)18-24(30)27-17-15-23(29)26-16-8-4-7-14-25(31)32-19-22-12-5-3-6-13-22/h3,5-6,12-13,20-21H,4,7-11,14-19H2,1-2H3,(H,26,29)(H,27,30). The van der Waals surface area contributed by atoms with Gasteiger partial charge in [0, 0.05) is 38.0 Å². The number of hydrogen-bond donors (Lipinski definition) is 2. The van der Waals surface area contributed by atoms with Gasteiger partial charge in [-0.25, -0.2) is 0 Å². The molecule has 0 saturated carbocycles. The molecule has 2 atom stereocenters. The van der Waals surface area contributed by atoms with Crippen LogP contribution in [0.25, 0.3) is 0 Å². The van der Waals surface area contributed by atoms with E-state index >= 15 is 0 Å². The van der Waals surface area contributed by atoms with Gasteiger partial charge in [0.15, 0.2) is 0 Å². The second-order valence-corrected chi connectivity index (χ2v) is 8.71. The summed E-state index contributed by atoms with van der Waals surface area (Å²) in [6.07, 6.45) is 6.57. The first kappa shape index (κ1) is 25.8. The quantitative estimate of drug-likeness (QED) is 0.360. The van der Waals surface area contributed by atoms with E-state index in [0.29, 0.717) is 44.7 Å². The van der Waals surface area contributed by atoms with Crippen LogP contribution in [0.15, 0.2) is 30.3 Å².